The number of rotatable bonds is 2. The zero-order chi connectivity index (χ0) is 14.2. The van der Waals surface area contributed by atoms with Gasteiger partial charge in [0.25, 0.3) is 0 Å². The number of benzene rings is 1. The van der Waals surface area contributed by atoms with Crippen LogP contribution in [0.4, 0.5) is 0 Å². The van der Waals surface area contributed by atoms with Crippen LogP contribution >= 0.6 is 0 Å². The quantitative estimate of drug-likeness (QED) is 0.905. The fourth-order valence-electron chi connectivity index (χ4n) is 4.69. The first kappa shape index (κ1) is 13.3. The molecule has 0 radical (unpaired) electrons. The highest BCUT2D eigenvalue weighted by molar-refractivity contribution is 5.83. The highest BCUT2D eigenvalue weighted by Gasteiger charge is 2.45. The molecule has 3 heteroatoms. The SMILES string of the molecule is O=C(C1NCC2CCCC21)N1CCCC1c1ccccc1. The molecule has 4 atom stereocenters. The van der Waals surface area contributed by atoms with Crippen molar-refractivity contribution in [1.82, 2.24) is 10.2 Å². The second-order valence-corrected chi connectivity index (χ2v) is 6.84. The minimum absolute atomic E-state index is 0.0850. The lowest BCUT2D eigenvalue weighted by atomic mass is 9.93. The van der Waals surface area contributed by atoms with Gasteiger partial charge < -0.3 is 10.2 Å². The highest BCUT2D eigenvalue weighted by atomic mass is 16.2. The van der Waals surface area contributed by atoms with E-state index in [9.17, 15) is 4.79 Å². The molecule has 112 valence electrons. The molecule has 3 fully saturated rings. The van der Waals surface area contributed by atoms with Crippen LogP contribution in [0, 0.1) is 11.8 Å². The average molecular weight is 284 g/mol. The molecule has 4 rings (SSSR count). The van der Waals surface area contributed by atoms with E-state index in [2.05, 4.69) is 34.5 Å². The summed E-state index contributed by atoms with van der Waals surface area (Å²) < 4.78 is 0. The zero-order valence-corrected chi connectivity index (χ0v) is 12.5. The third-order valence-corrected chi connectivity index (χ3v) is 5.73. The van der Waals surface area contributed by atoms with Crippen molar-refractivity contribution in [3.8, 4) is 0 Å². The van der Waals surface area contributed by atoms with Crippen molar-refractivity contribution in [1.29, 1.82) is 0 Å². The predicted molar refractivity (Wildman–Crippen MR) is 82.8 cm³/mol. The van der Waals surface area contributed by atoms with Crippen molar-refractivity contribution >= 4 is 5.91 Å². The number of carbonyl (C=O) groups is 1. The van der Waals surface area contributed by atoms with Crippen molar-refractivity contribution in [2.45, 2.75) is 44.2 Å². The van der Waals surface area contributed by atoms with E-state index in [0.29, 0.717) is 17.9 Å². The molecule has 2 saturated heterocycles. The molecular formula is C18H24N2O. The molecule has 3 nitrogen and oxygen atoms in total. The van der Waals surface area contributed by atoms with Gasteiger partial charge >= 0.3 is 0 Å². The predicted octanol–water partition coefficient (Wildman–Crippen LogP) is 2.74. The maximum absolute atomic E-state index is 13.0. The summed E-state index contributed by atoms with van der Waals surface area (Å²) in [5.74, 6) is 1.70. The molecule has 0 spiro atoms. The molecule has 1 saturated carbocycles. The van der Waals surface area contributed by atoms with Crippen LogP contribution in [0.5, 0.6) is 0 Å². The van der Waals surface area contributed by atoms with E-state index in [1.165, 1.54) is 24.8 Å². The van der Waals surface area contributed by atoms with Gasteiger partial charge in [0.05, 0.1) is 12.1 Å². The molecule has 1 aliphatic carbocycles. The summed E-state index contributed by atoms with van der Waals surface area (Å²) in [6.45, 7) is 1.97. The first-order chi connectivity index (χ1) is 10.3. The Balaban J connectivity index is 1.53. The number of amides is 1. The maximum atomic E-state index is 13.0. The van der Waals surface area contributed by atoms with E-state index in [1.54, 1.807) is 0 Å². The Kier molecular flexibility index (Phi) is 3.46. The summed E-state index contributed by atoms with van der Waals surface area (Å²) in [5.41, 5.74) is 1.30. The van der Waals surface area contributed by atoms with Crippen molar-refractivity contribution in [2.75, 3.05) is 13.1 Å². The van der Waals surface area contributed by atoms with Gasteiger partial charge in [-0.05, 0) is 49.6 Å². The summed E-state index contributed by atoms with van der Waals surface area (Å²) in [6, 6.07) is 10.9. The van der Waals surface area contributed by atoms with Gasteiger partial charge in [-0.25, -0.2) is 0 Å². The Labute approximate surface area is 126 Å². The van der Waals surface area contributed by atoms with Crippen molar-refractivity contribution < 1.29 is 4.79 Å². The lowest BCUT2D eigenvalue weighted by Crippen LogP contribution is -2.46. The second kappa shape index (κ2) is 5.45. The van der Waals surface area contributed by atoms with E-state index in [0.717, 1.165) is 31.8 Å². The fourth-order valence-corrected chi connectivity index (χ4v) is 4.69. The summed E-state index contributed by atoms with van der Waals surface area (Å²) in [5, 5.41) is 3.52. The van der Waals surface area contributed by atoms with Gasteiger partial charge in [0.2, 0.25) is 5.91 Å². The molecule has 1 N–H and O–H groups in total. The normalized spacial score (nSPS) is 35.1. The molecule has 2 heterocycles. The zero-order valence-electron chi connectivity index (χ0n) is 12.5. The molecule has 21 heavy (non-hydrogen) atoms. The number of fused-ring (bicyclic) bond motifs is 1. The minimum atomic E-state index is 0.0850. The topological polar surface area (TPSA) is 32.3 Å². The van der Waals surface area contributed by atoms with E-state index >= 15 is 0 Å². The minimum Gasteiger partial charge on any atom is -0.334 e. The molecule has 2 aliphatic heterocycles. The average Bonchev–Trinajstić information content (AvgIpc) is 3.23. The summed E-state index contributed by atoms with van der Waals surface area (Å²) in [6.07, 6.45) is 6.09. The maximum Gasteiger partial charge on any atom is 0.240 e. The van der Waals surface area contributed by atoms with Gasteiger partial charge in [-0.15, -0.1) is 0 Å². The monoisotopic (exact) mass is 284 g/mol. The Morgan fingerprint density at radius 2 is 1.95 bits per heavy atom. The van der Waals surface area contributed by atoms with Crippen LogP contribution in [0.25, 0.3) is 0 Å². The second-order valence-electron chi connectivity index (χ2n) is 6.84. The van der Waals surface area contributed by atoms with E-state index in [-0.39, 0.29) is 6.04 Å². The lowest BCUT2D eigenvalue weighted by Gasteiger charge is -2.29. The number of nitrogens with zero attached hydrogens (tertiary/aromatic N) is 1. The number of hydrogen-bond donors (Lipinski definition) is 1. The van der Waals surface area contributed by atoms with E-state index < -0.39 is 0 Å². The summed E-state index contributed by atoms with van der Waals surface area (Å²) in [7, 11) is 0. The number of nitrogens with one attached hydrogen (secondary N) is 1. The third kappa shape index (κ3) is 2.28. The first-order valence-electron chi connectivity index (χ1n) is 8.43. The fraction of sp³-hybridized carbons (Fsp3) is 0.611. The molecule has 1 aromatic rings. The summed E-state index contributed by atoms with van der Waals surface area (Å²) in [4.78, 5) is 15.2. The largest absolute Gasteiger partial charge is 0.334 e. The van der Waals surface area contributed by atoms with Crippen LogP contribution in [0.3, 0.4) is 0 Å². The summed E-state index contributed by atoms with van der Waals surface area (Å²) >= 11 is 0. The van der Waals surface area contributed by atoms with Gasteiger partial charge in [0, 0.05) is 6.54 Å². The number of carbonyl (C=O) groups excluding carboxylic acids is 1. The van der Waals surface area contributed by atoms with Gasteiger partial charge in [0.1, 0.15) is 0 Å². The Morgan fingerprint density at radius 3 is 2.81 bits per heavy atom. The molecule has 4 unspecified atom stereocenters. The van der Waals surface area contributed by atoms with Gasteiger partial charge in [-0.1, -0.05) is 36.8 Å². The Hall–Kier alpha value is -1.35. The van der Waals surface area contributed by atoms with Crippen LogP contribution in [-0.2, 0) is 4.79 Å². The molecule has 0 aromatic heterocycles. The van der Waals surface area contributed by atoms with Crippen LogP contribution in [-0.4, -0.2) is 29.9 Å². The van der Waals surface area contributed by atoms with Crippen molar-refractivity contribution in [3.63, 3.8) is 0 Å². The molecule has 0 bridgehead atoms. The van der Waals surface area contributed by atoms with Gasteiger partial charge in [-0.2, -0.15) is 0 Å². The molecule has 3 aliphatic rings. The van der Waals surface area contributed by atoms with E-state index in [4.69, 9.17) is 0 Å². The third-order valence-electron chi connectivity index (χ3n) is 5.73. The van der Waals surface area contributed by atoms with Crippen LogP contribution in [0.15, 0.2) is 30.3 Å². The number of likely N-dealkylation sites (tertiary alicyclic amines) is 1. The number of hydrogen-bond acceptors (Lipinski definition) is 2. The molecular weight excluding hydrogens is 260 g/mol. The van der Waals surface area contributed by atoms with Crippen LogP contribution < -0.4 is 5.32 Å². The van der Waals surface area contributed by atoms with Crippen molar-refractivity contribution in [3.05, 3.63) is 35.9 Å². The van der Waals surface area contributed by atoms with Crippen LogP contribution in [0.1, 0.15) is 43.7 Å². The lowest BCUT2D eigenvalue weighted by molar-refractivity contribution is -0.135. The van der Waals surface area contributed by atoms with Gasteiger partial charge in [-0.3, -0.25) is 4.79 Å². The first-order valence-corrected chi connectivity index (χ1v) is 8.43. The Morgan fingerprint density at radius 1 is 1.10 bits per heavy atom. The van der Waals surface area contributed by atoms with E-state index in [1.807, 2.05) is 6.07 Å². The highest BCUT2D eigenvalue weighted by Crippen LogP contribution is 2.40. The Bertz CT molecular complexity index is 515. The standard InChI is InChI=1S/C18H24N2O/c21-18(17-15-9-4-8-14(15)12-19-17)20-11-5-10-16(20)13-6-2-1-3-7-13/h1-3,6-7,14-17,19H,4-5,8-12H2. The molecule has 1 amide bonds. The smallest absolute Gasteiger partial charge is 0.240 e. The van der Waals surface area contributed by atoms with Gasteiger partial charge in [0.15, 0.2) is 0 Å². The van der Waals surface area contributed by atoms with Crippen LogP contribution in [0.2, 0.25) is 0 Å². The van der Waals surface area contributed by atoms with Crippen molar-refractivity contribution in [2.24, 2.45) is 11.8 Å². The molecule has 1 aromatic carbocycles.